The molecular formula is C36H45N5O7S. The Morgan fingerprint density at radius 3 is 2.49 bits per heavy atom. The Hall–Kier alpha value is -4.26. The van der Waals surface area contributed by atoms with Gasteiger partial charge in [-0.3, -0.25) is 29.4 Å². The van der Waals surface area contributed by atoms with Crippen LogP contribution in [0.4, 0.5) is 10.5 Å². The van der Waals surface area contributed by atoms with Crippen molar-refractivity contribution in [3.8, 4) is 11.3 Å². The van der Waals surface area contributed by atoms with Gasteiger partial charge < -0.3 is 15.0 Å². The van der Waals surface area contributed by atoms with Crippen LogP contribution in [-0.4, -0.2) is 72.1 Å². The summed E-state index contributed by atoms with van der Waals surface area (Å²) in [4.78, 5) is 60.8. The number of hydrogen-bond donors (Lipinski definition) is 3. The molecule has 4 amide bonds. The van der Waals surface area contributed by atoms with Crippen molar-refractivity contribution in [2.45, 2.75) is 88.5 Å². The van der Waals surface area contributed by atoms with Gasteiger partial charge in [-0.25, -0.2) is 13.2 Å². The maximum Gasteiger partial charge on any atom is 0.411 e. The maximum absolute atomic E-state index is 14.0. The Morgan fingerprint density at radius 1 is 1.04 bits per heavy atom. The van der Waals surface area contributed by atoms with Crippen LogP contribution < -0.4 is 15.4 Å². The lowest BCUT2D eigenvalue weighted by atomic mass is 9.93. The summed E-state index contributed by atoms with van der Waals surface area (Å²) in [5.41, 5.74) is 2.39. The normalized spacial score (nSPS) is 28.6. The minimum Gasteiger partial charge on any atom is -0.446 e. The number of carbonyl (C=O) groups excluding carboxylic acids is 4. The van der Waals surface area contributed by atoms with Gasteiger partial charge in [-0.2, -0.15) is 0 Å². The highest BCUT2D eigenvalue weighted by Gasteiger charge is 2.63. The number of benzene rings is 1. The van der Waals surface area contributed by atoms with Gasteiger partial charge in [0.2, 0.25) is 21.8 Å². The van der Waals surface area contributed by atoms with Crippen LogP contribution >= 0.6 is 0 Å². The summed E-state index contributed by atoms with van der Waals surface area (Å²) in [6.45, 7) is 5.96. The van der Waals surface area contributed by atoms with E-state index in [0.29, 0.717) is 36.3 Å². The molecule has 2 heterocycles. The second-order valence-corrected chi connectivity index (χ2v) is 16.6. The SMILES string of the molecule is Cc1ccc(-c2ccc(C)cc2NC(=O)O[C@@H]2C[C@H]3C(=O)N[C@]4(C(=O)NS(=O)(=O)C5(C)CC5)C[C@@H]4/C=C\CCCCN(C)C(=O)[C@@H]3C2)nc1. The molecule has 262 valence electrons. The number of hydrogen-bond acceptors (Lipinski definition) is 8. The summed E-state index contributed by atoms with van der Waals surface area (Å²) < 4.78 is 33.0. The topological polar surface area (TPSA) is 164 Å². The van der Waals surface area contributed by atoms with E-state index in [2.05, 4.69) is 20.3 Å². The summed E-state index contributed by atoms with van der Waals surface area (Å²) in [5.74, 6) is -3.61. The molecule has 3 fully saturated rings. The third kappa shape index (κ3) is 7.22. The van der Waals surface area contributed by atoms with Crippen molar-refractivity contribution in [3.63, 3.8) is 0 Å². The third-order valence-corrected chi connectivity index (χ3v) is 12.7. The minimum atomic E-state index is -3.94. The number of carbonyl (C=O) groups is 4. The first-order valence-electron chi connectivity index (χ1n) is 17.0. The molecule has 3 aliphatic carbocycles. The van der Waals surface area contributed by atoms with Crippen molar-refractivity contribution in [3.05, 3.63) is 59.8 Å². The Bertz CT molecular complexity index is 1790. The van der Waals surface area contributed by atoms with E-state index < -0.39 is 56.2 Å². The van der Waals surface area contributed by atoms with E-state index in [4.69, 9.17) is 4.74 Å². The average Bonchev–Trinajstić information content (AvgIpc) is 3.93. The predicted octanol–water partition coefficient (Wildman–Crippen LogP) is 4.38. The molecule has 4 aliphatic rings. The van der Waals surface area contributed by atoms with Gasteiger partial charge in [0.05, 0.1) is 28.0 Å². The summed E-state index contributed by atoms with van der Waals surface area (Å²) in [7, 11) is -2.23. The first-order valence-corrected chi connectivity index (χ1v) is 18.5. The highest BCUT2D eigenvalue weighted by Crippen LogP contribution is 2.48. The second kappa shape index (κ2) is 13.2. The van der Waals surface area contributed by atoms with E-state index in [-0.39, 0.29) is 31.1 Å². The highest BCUT2D eigenvalue weighted by atomic mass is 32.2. The fraction of sp³-hybridized carbons (Fsp3) is 0.528. The summed E-state index contributed by atoms with van der Waals surface area (Å²) in [6.07, 6.45) is 7.75. The Morgan fingerprint density at radius 2 is 1.78 bits per heavy atom. The lowest BCUT2D eigenvalue weighted by Crippen LogP contribution is -2.55. The quantitative estimate of drug-likeness (QED) is 0.376. The molecule has 0 radical (unpaired) electrons. The predicted molar refractivity (Wildman–Crippen MR) is 184 cm³/mol. The summed E-state index contributed by atoms with van der Waals surface area (Å²) >= 11 is 0. The molecule has 3 saturated carbocycles. The lowest BCUT2D eigenvalue weighted by Gasteiger charge is -2.27. The van der Waals surface area contributed by atoms with Gasteiger partial charge in [-0.05, 0) is 95.4 Å². The number of nitrogens with one attached hydrogen (secondary N) is 3. The maximum atomic E-state index is 14.0. The van der Waals surface area contributed by atoms with Gasteiger partial charge in [0.1, 0.15) is 11.6 Å². The number of pyridine rings is 1. The molecule has 1 aromatic heterocycles. The molecule has 13 heteroatoms. The molecule has 1 aliphatic heterocycles. The van der Waals surface area contributed by atoms with Crippen molar-refractivity contribution in [2.75, 3.05) is 18.9 Å². The Kier molecular flexibility index (Phi) is 9.33. The number of nitrogens with zero attached hydrogens (tertiary/aromatic N) is 2. The van der Waals surface area contributed by atoms with Crippen LogP contribution in [0.25, 0.3) is 11.3 Å². The van der Waals surface area contributed by atoms with Gasteiger partial charge in [0, 0.05) is 31.3 Å². The summed E-state index contributed by atoms with van der Waals surface area (Å²) in [5, 5.41) is 5.71. The number of allylic oxidation sites excluding steroid dienone is 1. The Balaban J connectivity index is 1.21. The smallest absolute Gasteiger partial charge is 0.411 e. The van der Waals surface area contributed by atoms with Crippen LogP contribution in [0.3, 0.4) is 0 Å². The summed E-state index contributed by atoms with van der Waals surface area (Å²) in [6, 6.07) is 9.44. The Labute approximate surface area is 287 Å². The molecule has 6 rings (SSSR count). The molecule has 49 heavy (non-hydrogen) atoms. The fourth-order valence-electron chi connectivity index (χ4n) is 6.89. The highest BCUT2D eigenvalue weighted by molar-refractivity contribution is 7.91. The molecule has 5 atom stereocenters. The first-order chi connectivity index (χ1) is 23.2. The number of sulfonamides is 1. The largest absolute Gasteiger partial charge is 0.446 e. The van der Waals surface area contributed by atoms with Gasteiger partial charge >= 0.3 is 6.09 Å². The average molecular weight is 692 g/mol. The van der Waals surface area contributed by atoms with Crippen molar-refractivity contribution < 1.29 is 32.3 Å². The molecule has 0 spiro atoms. The molecule has 3 N–H and O–H groups in total. The number of fused-ring (bicyclic) bond motifs is 2. The van der Waals surface area contributed by atoms with Gasteiger partial charge in [-0.15, -0.1) is 0 Å². The molecule has 0 unspecified atom stereocenters. The van der Waals surface area contributed by atoms with Crippen molar-refractivity contribution in [1.82, 2.24) is 19.9 Å². The number of rotatable bonds is 6. The van der Waals surface area contributed by atoms with Gasteiger partial charge in [0.25, 0.3) is 5.91 Å². The van der Waals surface area contributed by atoms with Crippen LogP contribution in [-0.2, 0) is 29.1 Å². The van der Waals surface area contributed by atoms with E-state index in [1.54, 1.807) is 25.1 Å². The zero-order valence-corrected chi connectivity index (χ0v) is 29.3. The molecular weight excluding hydrogens is 646 g/mol. The lowest BCUT2D eigenvalue weighted by molar-refractivity contribution is -0.140. The van der Waals surface area contributed by atoms with Crippen LogP contribution in [0.5, 0.6) is 0 Å². The van der Waals surface area contributed by atoms with E-state index >= 15 is 0 Å². The minimum absolute atomic E-state index is 0.0677. The zero-order valence-electron chi connectivity index (χ0n) is 28.5. The molecule has 0 bridgehead atoms. The van der Waals surface area contributed by atoms with E-state index in [9.17, 15) is 27.6 Å². The van der Waals surface area contributed by atoms with Crippen molar-refractivity contribution in [1.29, 1.82) is 0 Å². The van der Waals surface area contributed by atoms with E-state index in [1.807, 2.05) is 56.3 Å². The zero-order chi connectivity index (χ0) is 35.1. The first kappa shape index (κ1) is 34.6. The van der Waals surface area contributed by atoms with Gasteiger partial charge in [-0.1, -0.05) is 30.4 Å². The van der Waals surface area contributed by atoms with Crippen LogP contribution in [0.1, 0.15) is 69.4 Å². The second-order valence-electron chi connectivity index (χ2n) is 14.4. The number of aromatic nitrogens is 1. The van der Waals surface area contributed by atoms with Crippen LogP contribution in [0.2, 0.25) is 0 Å². The number of ether oxygens (including phenoxy) is 1. The van der Waals surface area contributed by atoms with E-state index in [0.717, 1.165) is 30.4 Å². The van der Waals surface area contributed by atoms with E-state index in [1.165, 1.54) is 0 Å². The fourth-order valence-corrected chi connectivity index (χ4v) is 8.21. The molecule has 12 nitrogen and oxygen atoms in total. The van der Waals surface area contributed by atoms with Crippen LogP contribution in [0.15, 0.2) is 48.7 Å². The van der Waals surface area contributed by atoms with Crippen molar-refractivity contribution in [2.24, 2.45) is 17.8 Å². The third-order valence-electron chi connectivity index (χ3n) is 10.5. The standard InChI is InChI=1S/C36H45N5O7S/c1-22-10-12-26(29-13-11-23(2)21-37-29)30(17-22)38-34(45)48-25-18-27-28(19-25)32(43)41(4)16-8-6-5-7-9-24-20-36(24,39-31(27)42)33(44)40-49(46,47)35(3)14-15-35/h7,9-13,17,21,24-25,27-28H,5-6,8,14-16,18-20H2,1-4H3,(H,38,45)(H,39,42)(H,40,44)/b9-7-/t24-,25+,27+,28+,36+/m0/s1. The number of amides is 4. The molecule has 0 saturated heterocycles. The monoisotopic (exact) mass is 691 g/mol. The number of aryl methyl sites for hydroxylation is 2. The number of anilines is 1. The molecule has 1 aromatic carbocycles. The van der Waals surface area contributed by atoms with Crippen LogP contribution in [0, 0.1) is 31.6 Å². The molecule has 2 aromatic rings. The van der Waals surface area contributed by atoms with Gasteiger partial charge in [0.15, 0.2) is 0 Å². The van der Waals surface area contributed by atoms with Crippen molar-refractivity contribution >= 4 is 39.5 Å².